The second-order valence-electron chi connectivity index (χ2n) is 6.53. The summed E-state index contributed by atoms with van der Waals surface area (Å²) in [5.41, 5.74) is 1.84. The molecule has 0 bridgehead atoms. The van der Waals surface area contributed by atoms with E-state index in [4.69, 9.17) is 4.74 Å². The summed E-state index contributed by atoms with van der Waals surface area (Å²) in [5.74, 6) is 1.05. The third kappa shape index (κ3) is 2.71. The average molecular weight is 273 g/mol. The first kappa shape index (κ1) is 13.9. The van der Waals surface area contributed by atoms with Crippen molar-refractivity contribution in [3.63, 3.8) is 0 Å². The van der Waals surface area contributed by atoms with E-state index in [0.29, 0.717) is 17.6 Å². The van der Waals surface area contributed by atoms with E-state index in [0.717, 1.165) is 5.75 Å². The molecule has 2 nitrogen and oxygen atoms in total. The molecule has 2 aliphatic rings. The zero-order valence-electron chi connectivity index (χ0n) is 12.8. The van der Waals surface area contributed by atoms with Crippen LogP contribution in [0.3, 0.4) is 0 Å². The lowest BCUT2D eigenvalue weighted by Crippen LogP contribution is -2.34. The van der Waals surface area contributed by atoms with Crippen LogP contribution in [0.5, 0.6) is 5.75 Å². The molecule has 0 aromatic heterocycles. The van der Waals surface area contributed by atoms with Crippen LogP contribution in [-0.2, 0) is 0 Å². The van der Waals surface area contributed by atoms with E-state index in [-0.39, 0.29) is 0 Å². The van der Waals surface area contributed by atoms with E-state index in [1.165, 1.54) is 50.5 Å². The van der Waals surface area contributed by atoms with Crippen molar-refractivity contribution in [3.05, 3.63) is 29.8 Å². The first-order chi connectivity index (χ1) is 9.77. The molecule has 110 valence electrons. The van der Waals surface area contributed by atoms with Crippen molar-refractivity contribution in [2.75, 3.05) is 7.05 Å². The quantitative estimate of drug-likeness (QED) is 0.826. The molecule has 1 N–H and O–H groups in total. The summed E-state index contributed by atoms with van der Waals surface area (Å²) in [4.78, 5) is 0. The Balaban J connectivity index is 1.84. The van der Waals surface area contributed by atoms with Gasteiger partial charge in [-0.05, 0) is 62.3 Å². The first-order valence-electron chi connectivity index (χ1n) is 8.21. The highest BCUT2D eigenvalue weighted by Gasteiger charge is 2.39. The van der Waals surface area contributed by atoms with Crippen molar-refractivity contribution in [2.24, 2.45) is 5.41 Å². The molecule has 0 saturated heterocycles. The van der Waals surface area contributed by atoms with Crippen molar-refractivity contribution in [1.29, 1.82) is 0 Å². The fourth-order valence-corrected chi connectivity index (χ4v) is 3.90. The minimum absolute atomic E-state index is 0.437. The van der Waals surface area contributed by atoms with Crippen LogP contribution in [0, 0.1) is 5.41 Å². The van der Waals surface area contributed by atoms with Gasteiger partial charge < -0.3 is 10.1 Å². The van der Waals surface area contributed by atoms with Gasteiger partial charge in [0.1, 0.15) is 5.75 Å². The summed E-state index contributed by atoms with van der Waals surface area (Å²) < 4.78 is 5.96. The smallest absolute Gasteiger partial charge is 0.120 e. The van der Waals surface area contributed by atoms with Gasteiger partial charge in [0.05, 0.1) is 6.10 Å². The Labute approximate surface area is 122 Å². The minimum atomic E-state index is 0.437. The van der Waals surface area contributed by atoms with Crippen LogP contribution >= 0.6 is 0 Å². The monoisotopic (exact) mass is 273 g/mol. The van der Waals surface area contributed by atoms with Crippen LogP contribution in [0.25, 0.3) is 0 Å². The predicted molar refractivity (Wildman–Crippen MR) is 83.1 cm³/mol. The average Bonchev–Trinajstić information content (AvgIpc) is 3.15. The summed E-state index contributed by atoms with van der Waals surface area (Å²) in [7, 11) is 2.11. The Morgan fingerprint density at radius 3 is 2.65 bits per heavy atom. The molecule has 2 saturated carbocycles. The summed E-state index contributed by atoms with van der Waals surface area (Å²) in [5, 5.41) is 3.59. The highest BCUT2D eigenvalue weighted by atomic mass is 16.5. The normalized spacial score (nSPS) is 22.7. The number of benzene rings is 1. The van der Waals surface area contributed by atoms with Gasteiger partial charge in [-0.1, -0.05) is 31.9 Å². The molecule has 3 rings (SSSR count). The number of hydrogen-bond donors (Lipinski definition) is 1. The maximum atomic E-state index is 5.96. The Morgan fingerprint density at radius 2 is 2.05 bits per heavy atom. The van der Waals surface area contributed by atoms with E-state index in [1.807, 2.05) is 0 Å². The Bertz CT molecular complexity index is 446. The largest absolute Gasteiger partial charge is 0.490 e. The lowest BCUT2D eigenvalue weighted by Gasteiger charge is -2.37. The highest BCUT2D eigenvalue weighted by Crippen LogP contribution is 2.50. The van der Waals surface area contributed by atoms with E-state index in [9.17, 15) is 0 Å². The van der Waals surface area contributed by atoms with E-state index >= 15 is 0 Å². The molecule has 0 amide bonds. The van der Waals surface area contributed by atoms with Crippen molar-refractivity contribution < 1.29 is 4.74 Å². The third-order valence-corrected chi connectivity index (χ3v) is 5.22. The van der Waals surface area contributed by atoms with Gasteiger partial charge in [-0.2, -0.15) is 0 Å². The molecular weight excluding hydrogens is 246 g/mol. The van der Waals surface area contributed by atoms with Crippen LogP contribution in [-0.4, -0.2) is 13.2 Å². The van der Waals surface area contributed by atoms with Crippen LogP contribution in [0.1, 0.15) is 63.5 Å². The summed E-state index contributed by atoms with van der Waals surface area (Å²) in [6.45, 7) is 2.35. The molecule has 2 heteroatoms. The highest BCUT2D eigenvalue weighted by molar-refractivity contribution is 5.32. The lowest BCUT2D eigenvalue weighted by molar-refractivity contribution is 0.194. The molecule has 1 aromatic carbocycles. The van der Waals surface area contributed by atoms with E-state index in [2.05, 4.69) is 43.6 Å². The number of nitrogens with one attached hydrogen (secondary N) is 1. The van der Waals surface area contributed by atoms with Gasteiger partial charge in [-0.25, -0.2) is 0 Å². The van der Waals surface area contributed by atoms with Crippen molar-refractivity contribution in [2.45, 2.75) is 64.0 Å². The summed E-state index contributed by atoms with van der Waals surface area (Å²) in [6, 6.07) is 9.22. The molecule has 2 fully saturated rings. The van der Waals surface area contributed by atoms with E-state index in [1.54, 1.807) is 0 Å². The fraction of sp³-hybridized carbons (Fsp3) is 0.667. The van der Waals surface area contributed by atoms with Crippen LogP contribution in [0.4, 0.5) is 0 Å². The van der Waals surface area contributed by atoms with Crippen LogP contribution in [0.2, 0.25) is 0 Å². The molecular formula is C18H27NO. The standard InChI is InChI=1S/C18H27NO/c1-3-18(11-4-5-12-18)17(19-2)14-7-6-8-16(13-14)20-15-9-10-15/h6-8,13,15,17,19H,3-5,9-12H2,1-2H3. The molecule has 2 aliphatic carbocycles. The molecule has 0 spiro atoms. The third-order valence-electron chi connectivity index (χ3n) is 5.22. The van der Waals surface area contributed by atoms with Gasteiger partial charge >= 0.3 is 0 Å². The second kappa shape index (κ2) is 5.77. The van der Waals surface area contributed by atoms with Crippen LogP contribution < -0.4 is 10.1 Å². The van der Waals surface area contributed by atoms with Gasteiger partial charge in [-0.3, -0.25) is 0 Å². The first-order valence-corrected chi connectivity index (χ1v) is 8.21. The fourth-order valence-electron chi connectivity index (χ4n) is 3.90. The van der Waals surface area contributed by atoms with Gasteiger partial charge in [0, 0.05) is 6.04 Å². The van der Waals surface area contributed by atoms with Crippen molar-refractivity contribution in [1.82, 2.24) is 5.32 Å². The summed E-state index contributed by atoms with van der Waals surface area (Å²) in [6.07, 6.45) is 9.63. The molecule has 0 radical (unpaired) electrons. The number of ether oxygens (including phenoxy) is 1. The van der Waals surface area contributed by atoms with Crippen LogP contribution in [0.15, 0.2) is 24.3 Å². The van der Waals surface area contributed by atoms with Gasteiger partial charge in [0.2, 0.25) is 0 Å². The molecule has 1 atom stereocenters. The Hall–Kier alpha value is -1.02. The van der Waals surface area contributed by atoms with E-state index < -0.39 is 0 Å². The predicted octanol–water partition coefficient (Wildman–Crippen LogP) is 4.46. The molecule has 20 heavy (non-hydrogen) atoms. The van der Waals surface area contributed by atoms with Gasteiger partial charge in [0.25, 0.3) is 0 Å². The molecule has 0 heterocycles. The van der Waals surface area contributed by atoms with Gasteiger partial charge in [0.15, 0.2) is 0 Å². The number of rotatable bonds is 6. The SMILES string of the molecule is CCC1(C(NC)c2cccc(OC3CC3)c2)CCCC1. The maximum absolute atomic E-state index is 5.96. The number of hydrogen-bond acceptors (Lipinski definition) is 2. The summed E-state index contributed by atoms with van der Waals surface area (Å²) >= 11 is 0. The Morgan fingerprint density at radius 1 is 1.30 bits per heavy atom. The van der Waals surface area contributed by atoms with Crippen molar-refractivity contribution >= 4 is 0 Å². The van der Waals surface area contributed by atoms with Crippen molar-refractivity contribution in [3.8, 4) is 5.75 Å². The Kier molecular flexibility index (Phi) is 4.02. The second-order valence-corrected chi connectivity index (χ2v) is 6.53. The topological polar surface area (TPSA) is 21.3 Å². The lowest BCUT2D eigenvalue weighted by atomic mass is 9.73. The zero-order valence-corrected chi connectivity index (χ0v) is 12.8. The molecule has 0 aliphatic heterocycles. The zero-order chi connectivity index (χ0) is 14.0. The maximum Gasteiger partial charge on any atom is 0.120 e. The molecule has 1 aromatic rings. The van der Waals surface area contributed by atoms with Gasteiger partial charge in [-0.15, -0.1) is 0 Å². The molecule has 1 unspecified atom stereocenters. The minimum Gasteiger partial charge on any atom is -0.490 e.